The molecular weight excluding hydrogens is 262 g/mol. The van der Waals surface area contributed by atoms with Gasteiger partial charge in [-0.1, -0.05) is 0 Å². The van der Waals surface area contributed by atoms with Gasteiger partial charge in [0, 0.05) is 0 Å². The molecular formula is C3H8Cl3FGeSi. The van der Waals surface area contributed by atoms with Crippen molar-refractivity contribution in [3.8, 4) is 0 Å². The summed E-state index contributed by atoms with van der Waals surface area (Å²) in [6, 6.07) is 0. The molecule has 0 saturated carbocycles. The first kappa shape index (κ1) is 10.6. The summed E-state index contributed by atoms with van der Waals surface area (Å²) in [7, 11) is 10.9. The van der Waals surface area contributed by atoms with Crippen LogP contribution in [0.15, 0.2) is 0 Å². The predicted molar refractivity (Wildman–Crippen MR) is 46.7 cm³/mol. The van der Waals surface area contributed by atoms with E-state index >= 15 is 0 Å². The van der Waals surface area contributed by atoms with Crippen molar-refractivity contribution >= 4 is 48.9 Å². The van der Waals surface area contributed by atoms with Crippen molar-refractivity contribution in [1.29, 1.82) is 0 Å². The Morgan fingerprint density at radius 3 is 1.67 bits per heavy atom. The Bertz CT molecular complexity index is 84.2. The van der Waals surface area contributed by atoms with Gasteiger partial charge in [-0.3, -0.25) is 0 Å². The van der Waals surface area contributed by atoms with E-state index in [1.165, 1.54) is 0 Å². The van der Waals surface area contributed by atoms with Crippen molar-refractivity contribution in [2.24, 2.45) is 0 Å². The molecule has 0 aliphatic carbocycles. The first-order valence-electron chi connectivity index (χ1n) is 2.46. The van der Waals surface area contributed by atoms with Gasteiger partial charge in [-0.15, -0.1) is 0 Å². The SMILES string of the molecule is C[Si](C)(F)[CH2][Ge]([Cl])([Cl])[Cl]. The second kappa shape index (κ2) is 3.30. The molecule has 0 rings (SSSR count). The van der Waals surface area contributed by atoms with Crippen molar-refractivity contribution in [2.75, 3.05) is 0 Å². The molecule has 0 amide bonds. The quantitative estimate of drug-likeness (QED) is 0.533. The van der Waals surface area contributed by atoms with Gasteiger partial charge < -0.3 is 0 Å². The van der Waals surface area contributed by atoms with E-state index in [9.17, 15) is 4.11 Å². The molecule has 9 heavy (non-hydrogen) atoms. The summed E-state index contributed by atoms with van der Waals surface area (Å²) in [5, 5.41) is 0. The van der Waals surface area contributed by atoms with Crippen LogP contribution in [0.4, 0.5) is 4.11 Å². The molecule has 56 valence electrons. The molecule has 0 N–H and O–H groups in total. The van der Waals surface area contributed by atoms with Gasteiger partial charge in [-0.25, -0.2) is 0 Å². The Morgan fingerprint density at radius 1 is 1.33 bits per heavy atom. The van der Waals surface area contributed by atoms with Gasteiger partial charge in [0.05, 0.1) is 0 Å². The molecule has 0 aromatic rings. The van der Waals surface area contributed by atoms with E-state index in [0.29, 0.717) is 0 Å². The molecule has 0 aromatic heterocycles. The summed E-state index contributed by atoms with van der Waals surface area (Å²) in [4.78, 5) is 0.248. The summed E-state index contributed by atoms with van der Waals surface area (Å²) in [5.74, 6) is 0. The van der Waals surface area contributed by atoms with E-state index in [1.54, 1.807) is 13.1 Å². The minimum atomic E-state index is -3.14. The molecule has 0 bridgehead atoms. The number of halogens is 4. The predicted octanol–water partition coefficient (Wildman–Crippen LogP) is 3.36. The van der Waals surface area contributed by atoms with E-state index in [4.69, 9.17) is 30.0 Å². The van der Waals surface area contributed by atoms with Gasteiger partial charge >= 0.3 is 71.0 Å². The van der Waals surface area contributed by atoms with Gasteiger partial charge in [0.1, 0.15) is 0 Å². The molecule has 6 heteroatoms. The maximum absolute atomic E-state index is 12.8. The monoisotopic (exact) mass is 270 g/mol. The number of hydrogen-bond donors (Lipinski definition) is 0. The topological polar surface area (TPSA) is 0 Å². The van der Waals surface area contributed by atoms with Crippen LogP contribution in [0.3, 0.4) is 0 Å². The van der Waals surface area contributed by atoms with Gasteiger partial charge in [0.25, 0.3) is 0 Å². The number of hydrogen-bond acceptors (Lipinski definition) is 0. The Kier molecular flexibility index (Phi) is 3.88. The maximum atomic E-state index is 12.8. The summed E-state index contributed by atoms with van der Waals surface area (Å²) in [6.07, 6.45) is 0. The molecule has 0 heterocycles. The minimum absolute atomic E-state index is 0.248. The van der Waals surface area contributed by atoms with Gasteiger partial charge in [-0.2, -0.15) is 0 Å². The average molecular weight is 270 g/mol. The van der Waals surface area contributed by atoms with Gasteiger partial charge in [-0.05, 0) is 0 Å². The summed E-state index contributed by atoms with van der Waals surface area (Å²) >= 11 is 0. The van der Waals surface area contributed by atoms with Crippen LogP contribution in [-0.4, -0.2) is 18.9 Å². The standard InChI is InChI=1S/C3H8Cl3FGeSi/c1-9(2,7)3-8(4,5)6/h3H2,1-2H3. The molecule has 0 aliphatic heterocycles. The van der Waals surface area contributed by atoms with Crippen LogP contribution in [-0.2, 0) is 0 Å². The van der Waals surface area contributed by atoms with Crippen LogP contribution in [0.5, 0.6) is 0 Å². The third-order valence-electron chi connectivity index (χ3n) is 0.621. The first-order valence-corrected chi connectivity index (χ1v) is 15.3. The fourth-order valence-corrected chi connectivity index (χ4v) is 22.3. The molecule has 0 aliphatic rings. The zero-order valence-electron chi connectivity index (χ0n) is 5.22. The van der Waals surface area contributed by atoms with Crippen LogP contribution in [0.2, 0.25) is 18.0 Å². The zero-order chi connectivity index (χ0) is 7.71. The molecule has 0 radical (unpaired) electrons. The Morgan fingerprint density at radius 2 is 1.67 bits per heavy atom. The van der Waals surface area contributed by atoms with Crippen LogP contribution in [0.1, 0.15) is 0 Å². The average Bonchev–Trinajstić information content (AvgIpc) is 1.14. The Hall–Kier alpha value is 1.56. The van der Waals surface area contributed by atoms with Gasteiger partial charge in [0.15, 0.2) is 0 Å². The molecule has 0 saturated heterocycles. The summed E-state index contributed by atoms with van der Waals surface area (Å²) in [5.41, 5.74) is 0. The fraction of sp³-hybridized carbons (Fsp3) is 1.00. The van der Waals surface area contributed by atoms with E-state index in [2.05, 4.69) is 0 Å². The fourth-order valence-electron chi connectivity index (χ4n) is 0.477. The normalized spacial score (nSPS) is 14.0. The van der Waals surface area contributed by atoms with Crippen molar-refractivity contribution in [2.45, 2.75) is 18.0 Å². The third kappa shape index (κ3) is 9.56. The second-order valence-electron chi connectivity index (χ2n) is 2.51. The molecule has 0 aromatic carbocycles. The second-order valence-corrected chi connectivity index (χ2v) is 24.2. The Labute approximate surface area is 70.8 Å². The van der Waals surface area contributed by atoms with Gasteiger partial charge in [0.2, 0.25) is 0 Å². The molecule has 0 unspecified atom stereocenters. The summed E-state index contributed by atoms with van der Waals surface area (Å²) < 4.78 is 12.8. The van der Waals surface area contributed by atoms with E-state index < -0.39 is 18.9 Å². The van der Waals surface area contributed by atoms with E-state index in [0.717, 1.165) is 0 Å². The van der Waals surface area contributed by atoms with Crippen LogP contribution < -0.4 is 0 Å². The van der Waals surface area contributed by atoms with Crippen molar-refractivity contribution in [3.05, 3.63) is 0 Å². The van der Waals surface area contributed by atoms with Crippen molar-refractivity contribution < 1.29 is 4.11 Å². The van der Waals surface area contributed by atoms with E-state index in [-0.39, 0.29) is 4.88 Å². The molecule has 0 spiro atoms. The first-order chi connectivity index (χ1) is 3.71. The zero-order valence-corrected chi connectivity index (χ0v) is 10.6. The molecule has 0 fully saturated rings. The van der Waals surface area contributed by atoms with Crippen molar-refractivity contribution in [1.82, 2.24) is 0 Å². The Balaban J connectivity index is 3.75. The van der Waals surface area contributed by atoms with Crippen LogP contribution in [0, 0.1) is 0 Å². The van der Waals surface area contributed by atoms with E-state index in [1.807, 2.05) is 0 Å². The number of rotatable bonds is 2. The molecule has 0 nitrogen and oxygen atoms in total. The third-order valence-corrected chi connectivity index (χ3v) is 15.9. The van der Waals surface area contributed by atoms with Crippen molar-refractivity contribution in [3.63, 3.8) is 0 Å². The van der Waals surface area contributed by atoms with Crippen LogP contribution in [0.25, 0.3) is 0 Å². The summed E-state index contributed by atoms with van der Waals surface area (Å²) in [6.45, 7) is 3.11. The molecule has 0 atom stereocenters. The van der Waals surface area contributed by atoms with Crippen LogP contribution >= 0.6 is 30.0 Å².